The van der Waals surface area contributed by atoms with E-state index in [-0.39, 0.29) is 0 Å². The molecule has 0 N–H and O–H groups in total. The van der Waals surface area contributed by atoms with Crippen molar-refractivity contribution in [3.8, 4) is 5.06 Å². The molecule has 0 unspecified atom stereocenters. The molecule has 0 fully saturated rings. The highest BCUT2D eigenvalue weighted by Crippen LogP contribution is 2.14. The number of nitrogens with zero attached hydrogens (tertiary/aromatic N) is 1. The minimum Gasteiger partial charge on any atom is -0.452 e. The van der Waals surface area contributed by atoms with Crippen molar-refractivity contribution in [2.75, 3.05) is 6.86 Å². The van der Waals surface area contributed by atoms with Crippen LogP contribution in [0.25, 0.3) is 0 Å². The quantitative estimate of drug-likeness (QED) is 0.609. The Morgan fingerprint density at radius 1 is 1.88 bits per heavy atom. The summed E-state index contributed by atoms with van der Waals surface area (Å²) in [5, 5.41) is 0.521. The third-order valence-corrected chi connectivity index (χ3v) is 1.29. The van der Waals surface area contributed by atoms with Crippen LogP contribution in [0, 0.1) is 0 Å². The van der Waals surface area contributed by atoms with Gasteiger partial charge in [-0.3, -0.25) is 0 Å². The Bertz CT molecular complexity index is 142. The van der Waals surface area contributed by atoms with E-state index in [0.717, 1.165) is 0 Å². The van der Waals surface area contributed by atoms with Gasteiger partial charge in [-0.15, -0.1) is 0 Å². The van der Waals surface area contributed by atoms with E-state index in [2.05, 4.69) is 9.72 Å². The Hall–Kier alpha value is -0.640. The average molecular weight is 133 g/mol. The van der Waals surface area contributed by atoms with Crippen molar-refractivity contribution in [3.05, 3.63) is 11.7 Å². The SMILES string of the molecule is FCOc1cncs1. The molecule has 0 aliphatic carbocycles. The number of alkyl halides is 1. The molecular formula is C4H4FNOS. The molecule has 0 atom stereocenters. The zero-order chi connectivity index (χ0) is 5.82. The molecule has 0 spiro atoms. The Morgan fingerprint density at radius 2 is 2.75 bits per heavy atom. The summed E-state index contributed by atoms with van der Waals surface area (Å²) < 4.78 is 15.7. The molecule has 0 radical (unpaired) electrons. The number of aromatic nitrogens is 1. The predicted molar refractivity (Wildman–Crippen MR) is 28.7 cm³/mol. The van der Waals surface area contributed by atoms with Crippen LogP contribution in [0.1, 0.15) is 0 Å². The highest BCUT2D eigenvalue weighted by molar-refractivity contribution is 7.11. The van der Waals surface area contributed by atoms with Gasteiger partial charge in [0, 0.05) is 0 Å². The fourth-order valence-corrected chi connectivity index (χ4v) is 0.789. The molecule has 1 aromatic rings. The Morgan fingerprint density at radius 3 is 3.25 bits per heavy atom. The van der Waals surface area contributed by atoms with Gasteiger partial charge >= 0.3 is 0 Å². The van der Waals surface area contributed by atoms with Gasteiger partial charge in [-0.1, -0.05) is 11.3 Å². The molecule has 0 amide bonds. The molecule has 1 rings (SSSR count). The molecule has 0 saturated carbocycles. The van der Waals surface area contributed by atoms with E-state index >= 15 is 0 Å². The fraction of sp³-hybridized carbons (Fsp3) is 0.250. The minimum absolute atomic E-state index is 0.521. The molecule has 1 heterocycles. The standard InChI is InChI=1S/C4H4FNOS/c5-2-7-4-1-6-3-8-4/h1,3H,2H2. The first-order chi connectivity index (χ1) is 3.93. The topological polar surface area (TPSA) is 22.1 Å². The van der Waals surface area contributed by atoms with Crippen LogP contribution in [-0.4, -0.2) is 11.8 Å². The van der Waals surface area contributed by atoms with E-state index in [0.29, 0.717) is 5.06 Å². The van der Waals surface area contributed by atoms with E-state index < -0.39 is 6.86 Å². The van der Waals surface area contributed by atoms with Crippen LogP contribution < -0.4 is 4.74 Å². The maximum atomic E-state index is 11.3. The summed E-state index contributed by atoms with van der Waals surface area (Å²) >= 11 is 1.27. The predicted octanol–water partition coefficient (Wildman–Crippen LogP) is 1.45. The fourth-order valence-electron chi connectivity index (χ4n) is 0.329. The lowest BCUT2D eigenvalue weighted by Crippen LogP contribution is -1.84. The number of ether oxygens (including phenoxy) is 1. The first-order valence-corrected chi connectivity index (χ1v) is 2.88. The smallest absolute Gasteiger partial charge is 0.229 e. The molecule has 8 heavy (non-hydrogen) atoms. The second kappa shape index (κ2) is 2.61. The van der Waals surface area contributed by atoms with E-state index in [1.807, 2.05) is 0 Å². The summed E-state index contributed by atoms with van der Waals surface area (Å²) in [7, 11) is 0. The third kappa shape index (κ3) is 1.16. The second-order valence-electron chi connectivity index (χ2n) is 1.07. The monoisotopic (exact) mass is 133 g/mol. The van der Waals surface area contributed by atoms with Crippen LogP contribution in [0.3, 0.4) is 0 Å². The van der Waals surface area contributed by atoms with Crippen LogP contribution in [0.2, 0.25) is 0 Å². The molecule has 0 aliphatic heterocycles. The first kappa shape index (κ1) is 5.50. The Balaban J connectivity index is 2.50. The molecule has 0 bridgehead atoms. The second-order valence-corrected chi connectivity index (χ2v) is 1.92. The van der Waals surface area contributed by atoms with E-state index in [4.69, 9.17) is 0 Å². The van der Waals surface area contributed by atoms with Gasteiger partial charge in [0.2, 0.25) is 6.86 Å². The molecule has 44 valence electrons. The van der Waals surface area contributed by atoms with E-state index in [9.17, 15) is 4.39 Å². The van der Waals surface area contributed by atoms with Crippen LogP contribution >= 0.6 is 11.3 Å². The number of halogens is 1. The normalized spacial score (nSPS) is 9.12. The summed E-state index contributed by atoms with van der Waals surface area (Å²) in [5.74, 6) is 0. The largest absolute Gasteiger partial charge is 0.452 e. The molecule has 2 nitrogen and oxygen atoms in total. The molecule has 0 aliphatic rings. The van der Waals surface area contributed by atoms with Crippen LogP contribution in [0.5, 0.6) is 5.06 Å². The van der Waals surface area contributed by atoms with Gasteiger partial charge < -0.3 is 4.74 Å². The molecule has 0 saturated heterocycles. The van der Waals surface area contributed by atoms with Crippen LogP contribution in [-0.2, 0) is 0 Å². The van der Waals surface area contributed by atoms with Crippen molar-refractivity contribution < 1.29 is 9.13 Å². The van der Waals surface area contributed by atoms with Crippen molar-refractivity contribution in [2.45, 2.75) is 0 Å². The zero-order valence-corrected chi connectivity index (χ0v) is 4.82. The van der Waals surface area contributed by atoms with Gasteiger partial charge in [0.25, 0.3) is 0 Å². The maximum Gasteiger partial charge on any atom is 0.229 e. The van der Waals surface area contributed by atoms with Crippen molar-refractivity contribution in [1.82, 2.24) is 4.98 Å². The number of hydrogen-bond acceptors (Lipinski definition) is 3. The average Bonchev–Trinajstić information content (AvgIpc) is 2.19. The van der Waals surface area contributed by atoms with E-state index in [1.165, 1.54) is 17.5 Å². The summed E-state index contributed by atoms with van der Waals surface area (Å²) in [6, 6.07) is 0. The highest BCUT2D eigenvalue weighted by atomic mass is 32.1. The maximum absolute atomic E-state index is 11.3. The first-order valence-electron chi connectivity index (χ1n) is 2.00. The van der Waals surface area contributed by atoms with Gasteiger partial charge in [-0.2, -0.15) is 0 Å². The van der Waals surface area contributed by atoms with Gasteiger partial charge in [-0.05, 0) is 0 Å². The van der Waals surface area contributed by atoms with Crippen molar-refractivity contribution in [3.63, 3.8) is 0 Å². The number of thiazole rings is 1. The number of hydrogen-bond donors (Lipinski definition) is 0. The number of rotatable bonds is 2. The lowest BCUT2D eigenvalue weighted by Gasteiger charge is -1.89. The highest BCUT2D eigenvalue weighted by Gasteiger charge is 1.89. The third-order valence-electron chi connectivity index (χ3n) is 0.606. The molecule has 4 heteroatoms. The molecule has 1 aromatic heterocycles. The van der Waals surface area contributed by atoms with Crippen LogP contribution in [0.15, 0.2) is 11.7 Å². The van der Waals surface area contributed by atoms with Gasteiger partial charge in [0.15, 0.2) is 5.06 Å². The van der Waals surface area contributed by atoms with Crippen molar-refractivity contribution in [2.24, 2.45) is 0 Å². The minimum atomic E-state index is -0.776. The summed E-state index contributed by atoms with van der Waals surface area (Å²) in [4.78, 5) is 3.67. The lowest BCUT2D eigenvalue weighted by molar-refractivity contribution is 0.197. The lowest BCUT2D eigenvalue weighted by atomic mass is 10.9. The molecular weight excluding hydrogens is 129 g/mol. The van der Waals surface area contributed by atoms with Gasteiger partial charge in [0.05, 0.1) is 11.7 Å². The Labute approximate surface area is 49.9 Å². The van der Waals surface area contributed by atoms with E-state index in [1.54, 1.807) is 5.51 Å². The summed E-state index contributed by atoms with van der Waals surface area (Å²) in [6.07, 6.45) is 1.48. The zero-order valence-electron chi connectivity index (χ0n) is 4.00. The summed E-state index contributed by atoms with van der Waals surface area (Å²) in [6.45, 7) is -0.776. The van der Waals surface area contributed by atoms with Crippen molar-refractivity contribution >= 4 is 11.3 Å². The summed E-state index contributed by atoms with van der Waals surface area (Å²) in [5.41, 5.74) is 1.59. The van der Waals surface area contributed by atoms with Crippen LogP contribution in [0.4, 0.5) is 4.39 Å². The Kier molecular flexibility index (Phi) is 1.80. The van der Waals surface area contributed by atoms with Crippen molar-refractivity contribution in [1.29, 1.82) is 0 Å². The molecule has 0 aromatic carbocycles. The van der Waals surface area contributed by atoms with Gasteiger partial charge in [0.1, 0.15) is 0 Å². The van der Waals surface area contributed by atoms with Gasteiger partial charge in [-0.25, -0.2) is 9.37 Å².